The molecule has 1 atom stereocenters. The molecule has 0 aliphatic carbocycles. The van der Waals surface area contributed by atoms with Gasteiger partial charge in [0.2, 0.25) is 0 Å². The molecular weight excluding hydrogens is 246 g/mol. The van der Waals surface area contributed by atoms with Crippen molar-refractivity contribution in [3.8, 4) is 0 Å². The highest BCUT2D eigenvalue weighted by Crippen LogP contribution is 2.23. The minimum absolute atomic E-state index is 0.0269. The SMILES string of the molecule is CCCCCC(Cl)Cc1c(F)cccc1Cl. The molecule has 0 radical (unpaired) electrons. The fraction of sp³-hybridized carbons (Fsp3) is 0.538. The van der Waals surface area contributed by atoms with Gasteiger partial charge in [0.05, 0.1) is 0 Å². The first-order valence-corrected chi connectivity index (χ1v) is 6.53. The molecule has 16 heavy (non-hydrogen) atoms. The molecule has 3 heteroatoms. The summed E-state index contributed by atoms with van der Waals surface area (Å²) in [6.45, 7) is 2.15. The predicted octanol–water partition coefficient (Wildman–Crippen LogP) is 5.21. The van der Waals surface area contributed by atoms with E-state index in [4.69, 9.17) is 23.2 Å². The monoisotopic (exact) mass is 262 g/mol. The van der Waals surface area contributed by atoms with E-state index in [1.165, 1.54) is 18.9 Å². The van der Waals surface area contributed by atoms with Gasteiger partial charge in [0.1, 0.15) is 5.82 Å². The third-order valence-corrected chi connectivity index (χ3v) is 3.33. The lowest BCUT2D eigenvalue weighted by Crippen LogP contribution is -2.05. The van der Waals surface area contributed by atoms with Gasteiger partial charge in [-0.2, -0.15) is 0 Å². The Bertz CT molecular complexity index is 305. The molecular formula is C13H17Cl2F. The van der Waals surface area contributed by atoms with E-state index >= 15 is 0 Å². The fourth-order valence-electron chi connectivity index (χ4n) is 1.67. The summed E-state index contributed by atoms with van der Waals surface area (Å²) >= 11 is 12.1. The average Bonchev–Trinajstić information content (AvgIpc) is 2.24. The first-order valence-electron chi connectivity index (χ1n) is 5.72. The first-order chi connectivity index (χ1) is 7.65. The van der Waals surface area contributed by atoms with E-state index < -0.39 is 0 Å². The third kappa shape index (κ3) is 4.31. The standard InChI is InChI=1S/C13H17Cl2F/c1-2-3-4-6-10(14)9-11-12(15)7-5-8-13(11)16/h5,7-8,10H,2-4,6,9H2,1H3. The zero-order chi connectivity index (χ0) is 12.0. The van der Waals surface area contributed by atoms with Crippen LogP contribution < -0.4 is 0 Å². The van der Waals surface area contributed by atoms with Crippen molar-refractivity contribution in [1.29, 1.82) is 0 Å². The molecule has 0 amide bonds. The quantitative estimate of drug-likeness (QED) is 0.488. The van der Waals surface area contributed by atoms with Gasteiger partial charge >= 0.3 is 0 Å². The Morgan fingerprint density at radius 1 is 1.31 bits per heavy atom. The Balaban J connectivity index is 2.52. The lowest BCUT2D eigenvalue weighted by atomic mass is 10.0. The molecule has 0 saturated heterocycles. The molecule has 0 fully saturated rings. The van der Waals surface area contributed by atoms with Crippen LogP contribution in [0.25, 0.3) is 0 Å². The van der Waals surface area contributed by atoms with Gasteiger partial charge in [0.15, 0.2) is 0 Å². The maximum absolute atomic E-state index is 13.5. The van der Waals surface area contributed by atoms with E-state index in [-0.39, 0.29) is 11.2 Å². The zero-order valence-electron chi connectivity index (χ0n) is 9.48. The van der Waals surface area contributed by atoms with Gasteiger partial charge in [-0.3, -0.25) is 0 Å². The van der Waals surface area contributed by atoms with Crippen molar-refractivity contribution < 1.29 is 4.39 Å². The van der Waals surface area contributed by atoms with E-state index in [1.54, 1.807) is 12.1 Å². The van der Waals surface area contributed by atoms with Crippen LogP contribution in [0.3, 0.4) is 0 Å². The Hall–Kier alpha value is -0.270. The Morgan fingerprint density at radius 3 is 2.69 bits per heavy atom. The van der Waals surface area contributed by atoms with E-state index in [9.17, 15) is 4.39 Å². The van der Waals surface area contributed by atoms with Crippen LogP contribution in [0.5, 0.6) is 0 Å². The summed E-state index contributed by atoms with van der Waals surface area (Å²) in [7, 11) is 0. The number of alkyl halides is 1. The van der Waals surface area contributed by atoms with E-state index in [1.807, 2.05) is 0 Å². The molecule has 0 spiro atoms. The van der Waals surface area contributed by atoms with Crippen molar-refractivity contribution in [2.24, 2.45) is 0 Å². The molecule has 0 aliphatic rings. The zero-order valence-corrected chi connectivity index (χ0v) is 11.0. The lowest BCUT2D eigenvalue weighted by molar-refractivity contribution is 0.590. The van der Waals surface area contributed by atoms with Crippen molar-refractivity contribution in [3.63, 3.8) is 0 Å². The fourth-order valence-corrected chi connectivity index (χ4v) is 2.22. The minimum atomic E-state index is -0.256. The van der Waals surface area contributed by atoms with Crippen LogP contribution in [0, 0.1) is 5.82 Å². The van der Waals surface area contributed by atoms with Crippen molar-refractivity contribution in [2.45, 2.75) is 44.4 Å². The molecule has 0 nitrogen and oxygen atoms in total. The molecule has 1 rings (SSSR count). The number of hydrogen-bond donors (Lipinski definition) is 0. The topological polar surface area (TPSA) is 0 Å². The summed E-state index contributed by atoms with van der Waals surface area (Å²) in [5.74, 6) is -0.256. The van der Waals surface area contributed by atoms with Crippen molar-refractivity contribution in [3.05, 3.63) is 34.6 Å². The van der Waals surface area contributed by atoms with E-state index in [0.29, 0.717) is 17.0 Å². The maximum atomic E-state index is 13.5. The summed E-state index contributed by atoms with van der Waals surface area (Å²) < 4.78 is 13.5. The summed E-state index contributed by atoms with van der Waals surface area (Å²) in [5.41, 5.74) is 0.542. The van der Waals surface area contributed by atoms with Gasteiger partial charge in [-0.1, -0.05) is 43.9 Å². The summed E-state index contributed by atoms with van der Waals surface area (Å²) in [4.78, 5) is 0. The van der Waals surface area contributed by atoms with Gasteiger partial charge in [-0.15, -0.1) is 11.6 Å². The molecule has 1 aromatic carbocycles. The molecule has 0 heterocycles. The van der Waals surface area contributed by atoms with Gasteiger partial charge in [-0.05, 0) is 25.0 Å². The number of benzene rings is 1. The van der Waals surface area contributed by atoms with Gasteiger partial charge < -0.3 is 0 Å². The molecule has 0 aromatic heterocycles. The van der Waals surface area contributed by atoms with Crippen molar-refractivity contribution >= 4 is 23.2 Å². The molecule has 0 saturated carbocycles. The summed E-state index contributed by atoms with van der Waals surface area (Å²) in [6.07, 6.45) is 4.87. The van der Waals surface area contributed by atoms with Crippen molar-refractivity contribution in [1.82, 2.24) is 0 Å². The van der Waals surface area contributed by atoms with Crippen LogP contribution in [0.1, 0.15) is 38.2 Å². The van der Waals surface area contributed by atoms with Crippen LogP contribution in [-0.2, 0) is 6.42 Å². The number of halogens is 3. The van der Waals surface area contributed by atoms with Gasteiger partial charge in [-0.25, -0.2) is 4.39 Å². The molecule has 90 valence electrons. The van der Waals surface area contributed by atoms with Crippen molar-refractivity contribution in [2.75, 3.05) is 0 Å². The van der Waals surface area contributed by atoms with E-state index in [0.717, 1.165) is 12.8 Å². The second kappa shape index (κ2) is 7.13. The first kappa shape index (κ1) is 13.8. The second-order valence-corrected chi connectivity index (χ2v) is 5.02. The second-order valence-electron chi connectivity index (χ2n) is 4.00. The number of hydrogen-bond acceptors (Lipinski definition) is 0. The van der Waals surface area contributed by atoms with Crippen LogP contribution in [0.2, 0.25) is 5.02 Å². The Morgan fingerprint density at radius 2 is 2.06 bits per heavy atom. The molecule has 0 N–H and O–H groups in total. The predicted molar refractivity (Wildman–Crippen MR) is 68.9 cm³/mol. The maximum Gasteiger partial charge on any atom is 0.127 e. The molecule has 0 aliphatic heterocycles. The lowest BCUT2D eigenvalue weighted by Gasteiger charge is -2.11. The summed E-state index contributed by atoms with van der Waals surface area (Å²) in [5, 5.41) is 0.446. The highest BCUT2D eigenvalue weighted by Gasteiger charge is 2.12. The molecule has 1 unspecified atom stereocenters. The Labute approximate surface area is 107 Å². The number of unbranched alkanes of at least 4 members (excludes halogenated alkanes) is 2. The largest absolute Gasteiger partial charge is 0.207 e. The minimum Gasteiger partial charge on any atom is -0.207 e. The van der Waals surface area contributed by atoms with Crippen LogP contribution >= 0.6 is 23.2 Å². The van der Waals surface area contributed by atoms with Crippen LogP contribution in [0.4, 0.5) is 4.39 Å². The normalized spacial score (nSPS) is 12.8. The average molecular weight is 263 g/mol. The highest BCUT2D eigenvalue weighted by molar-refractivity contribution is 6.31. The summed E-state index contributed by atoms with van der Waals surface area (Å²) in [6, 6.07) is 4.74. The smallest absolute Gasteiger partial charge is 0.127 e. The Kier molecular flexibility index (Phi) is 6.15. The molecule has 1 aromatic rings. The van der Waals surface area contributed by atoms with Crippen LogP contribution in [-0.4, -0.2) is 5.38 Å². The van der Waals surface area contributed by atoms with Gasteiger partial charge in [0.25, 0.3) is 0 Å². The number of rotatable bonds is 6. The van der Waals surface area contributed by atoms with E-state index in [2.05, 4.69) is 6.92 Å². The van der Waals surface area contributed by atoms with Crippen LogP contribution in [0.15, 0.2) is 18.2 Å². The molecule has 0 bridgehead atoms. The third-order valence-electron chi connectivity index (χ3n) is 2.61. The van der Waals surface area contributed by atoms with Gasteiger partial charge in [0, 0.05) is 16.0 Å². The highest BCUT2D eigenvalue weighted by atomic mass is 35.5.